The third kappa shape index (κ3) is 7.13. The van der Waals surface area contributed by atoms with Crippen molar-refractivity contribution in [3.05, 3.63) is 70.5 Å². The van der Waals surface area contributed by atoms with Crippen LogP contribution in [0.4, 0.5) is 11.6 Å². The predicted octanol–water partition coefficient (Wildman–Crippen LogP) is 4.13. The second-order valence-electron chi connectivity index (χ2n) is 6.27. The second kappa shape index (κ2) is 10.6. The average Bonchev–Trinajstić information content (AvgIpc) is 2.75. The van der Waals surface area contributed by atoms with Crippen LogP contribution >= 0.6 is 23.2 Å². The number of halogens is 2. The highest BCUT2D eigenvalue weighted by Crippen LogP contribution is 2.17. The maximum absolute atomic E-state index is 12.1. The number of ether oxygens (including phenoxy) is 2. The molecule has 0 bridgehead atoms. The molecule has 3 rings (SSSR count). The molecule has 1 aromatic heterocycles. The Labute approximate surface area is 188 Å². The molecule has 0 fully saturated rings. The van der Waals surface area contributed by atoms with Crippen molar-refractivity contribution in [1.82, 2.24) is 9.97 Å². The molecule has 0 saturated heterocycles. The van der Waals surface area contributed by atoms with Crippen LogP contribution in [0, 0.1) is 6.92 Å². The minimum Gasteiger partial charge on any atom is -0.484 e. The minimum absolute atomic E-state index is 0.205. The molecule has 3 aromatic rings. The van der Waals surface area contributed by atoms with E-state index in [2.05, 4.69) is 20.6 Å². The summed E-state index contributed by atoms with van der Waals surface area (Å²) in [5.41, 5.74) is 0.427. The summed E-state index contributed by atoms with van der Waals surface area (Å²) in [6.45, 7) is 1.24. The van der Waals surface area contributed by atoms with E-state index in [1.165, 1.54) is 6.20 Å². The van der Waals surface area contributed by atoms with E-state index in [1.54, 1.807) is 55.5 Å². The summed E-state index contributed by atoms with van der Waals surface area (Å²) >= 11 is 11.6. The molecular weight excluding hydrogens is 443 g/mol. The fraction of sp³-hybridized carbons (Fsp3) is 0.143. The summed E-state index contributed by atoms with van der Waals surface area (Å²) in [5.74, 6) is 0.719. The molecule has 0 unspecified atom stereocenters. The Kier molecular flexibility index (Phi) is 7.64. The molecule has 8 nitrogen and oxygen atoms in total. The van der Waals surface area contributed by atoms with E-state index in [-0.39, 0.29) is 24.8 Å². The molecule has 160 valence electrons. The molecule has 0 spiro atoms. The van der Waals surface area contributed by atoms with Gasteiger partial charge in [-0.1, -0.05) is 23.2 Å². The van der Waals surface area contributed by atoms with Crippen LogP contribution < -0.4 is 20.1 Å². The predicted molar refractivity (Wildman–Crippen MR) is 118 cm³/mol. The van der Waals surface area contributed by atoms with Gasteiger partial charge in [0.15, 0.2) is 24.8 Å². The molecule has 0 atom stereocenters. The van der Waals surface area contributed by atoms with Gasteiger partial charge in [0.25, 0.3) is 11.8 Å². The van der Waals surface area contributed by atoms with Crippen molar-refractivity contribution in [2.75, 3.05) is 23.8 Å². The first-order chi connectivity index (χ1) is 14.9. The van der Waals surface area contributed by atoms with Crippen LogP contribution in [-0.2, 0) is 9.59 Å². The Morgan fingerprint density at radius 2 is 1.32 bits per heavy atom. The maximum Gasteiger partial charge on any atom is 0.263 e. The summed E-state index contributed by atoms with van der Waals surface area (Å²) in [5, 5.41) is 6.35. The first-order valence-corrected chi connectivity index (χ1v) is 9.85. The lowest BCUT2D eigenvalue weighted by Gasteiger charge is -2.10. The van der Waals surface area contributed by atoms with E-state index in [4.69, 9.17) is 32.7 Å². The smallest absolute Gasteiger partial charge is 0.263 e. The number of carbonyl (C=O) groups is 2. The van der Waals surface area contributed by atoms with Gasteiger partial charge in [0.1, 0.15) is 11.5 Å². The summed E-state index contributed by atoms with van der Waals surface area (Å²) in [6.07, 6.45) is 1.34. The lowest BCUT2D eigenvalue weighted by Crippen LogP contribution is -2.23. The fourth-order valence-corrected chi connectivity index (χ4v) is 2.62. The summed E-state index contributed by atoms with van der Waals surface area (Å²) in [6, 6.07) is 13.3. The van der Waals surface area contributed by atoms with Gasteiger partial charge in [-0.05, 0) is 55.5 Å². The highest BCUT2D eigenvalue weighted by atomic mass is 35.5. The molecule has 0 aliphatic carbocycles. The zero-order valence-electron chi connectivity index (χ0n) is 16.4. The van der Waals surface area contributed by atoms with Crippen LogP contribution in [-0.4, -0.2) is 35.0 Å². The number of aryl methyl sites for hydroxylation is 1. The Hall–Kier alpha value is -3.36. The second-order valence-corrected chi connectivity index (χ2v) is 7.14. The normalized spacial score (nSPS) is 10.3. The number of nitrogens with one attached hydrogen (secondary N) is 2. The van der Waals surface area contributed by atoms with Crippen LogP contribution in [0.15, 0.2) is 54.7 Å². The SMILES string of the molecule is Cc1nc(NC(=O)COc2ccc(Cl)cc2)cnc1NC(=O)COc1ccc(Cl)cc1. The quantitative estimate of drug-likeness (QED) is 0.523. The fourth-order valence-electron chi connectivity index (χ4n) is 2.37. The van der Waals surface area contributed by atoms with Gasteiger partial charge < -0.3 is 20.1 Å². The Bertz CT molecular complexity index is 1060. The van der Waals surface area contributed by atoms with Gasteiger partial charge in [-0.25, -0.2) is 9.97 Å². The van der Waals surface area contributed by atoms with E-state index in [1.807, 2.05) is 0 Å². The van der Waals surface area contributed by atoms with Crippen molar-refractivity contribution >= 4 is 46.7 Å². The maximum atomic E-state index is 12.1. The third-order valence-corrected chi connectivity index (χ3v) is 4.34. The third-order valence-electron chi connectivity index (χ3n) is 3.84. The molecule has 2 N–H and O–H groups in total. The highest BCUT2D eigenvalue weighted by Gasteiger charge is 2.11. The number of anilines is 2. The monoisotopic (exact) mass is 460 g/mol. The van der Waals surface area contributed by atoms with E-state index in [9.17, 15) is 9.59 Å². The van der Waals surface area contributed by atoms with Crippen molar-refractivity contribution in [3.63, 3.8) is 0 Å². The molecule has 10 heteroatoms. The number of aromatic nitrogens is 2. The van der Waals surface area contributed by atoms with Crippen molar-refractivity contribution in [2.45, 2.75) is 6.92 Å². The Morgan fingerprint density at radius 1 is 0.839 bits per heavy atom. The summed E-state index contributed by atoms with van der Waals surface area (Å²) in [4.78, 5) is 32.5. The zero-order valence-corrected chi connectivity index (χ0v) is 17.9. The molecule has 1 heterocycles. The van der Waals surface area contributed by atoms with Crippen LogP contribution in [0.1, 0.15) is 5.69 Å². The van der Waals surface area contributed by atoms with E-state index in [0.29, 0.717) is 27.2 Å². The first kappa shape index (κ1) is 22.3. The Balaban J connectivity index is 1.48. The van der Waals surface area contributed by atoms with Crippen LogP contribution in [0.5, 0.6) is 11.5 Å². The minimum atomic E-state index is -0.406. The standard InChI is InChI=1S/C21H18Cl2N4O4/c1-13-21(27-20(29)12-31-17-8-4-15(23)5-9-17)24-10-18(25-13)26-19(28)11-30-16-6-2-14(22)3-7-16/h2-10H,11-12H2,1H3,(H,24,27,29)(H,25,26,28). The number of hydrogen-bond donors (Lipinski definition) is 2. The van der Waals surface area contributed by atoms with Crippen LogP contribution in [0.2, 0.25) is 10.0 Å². The van der Waals surface area contributed by atoms with E-state index < -0.39 is 11.8 Å². The van der Waals surface area contributed by atoms with E-state index in [0.717, 1.165) is 0 Å². The van der Waals surface area contributed by atoms with Gasteiger partial charge >= 0.3 is 0 Å². The number of rotatable bonds is 8. The van der Waals surface area contributed by atoms with Gasteiger partial charge in [0.05, 0.1) is 11.9 Å². The van der Waals surface area contributed by atoms with Crippen LogP contribution in [0.25, 0.3) is 0 Å². The Morgan fingerprint density at radius 3 is 1.81 bits per heavy atom. The number of hydrogen-bond acceptors (Lipinski definition) is 6. The molecule has 0 radical (unpaired) electrons. The topological polar surface area (TPSA) is 102 Å². The number of carbonyl (C=O) groups excluding carboxylic acids is 2. The first-order valence-electron chi connectivity index (χ1n) is 9.09. The van der Waals surface area contributed by atoms with Gasteiger partial charge in [0.2, 0.25) is 0 Å². The van der Waals surface area contributed by atoms with Gasteiger partial charge in [-0.2, -0.15) is 0 Å². The lowest BCUT2D eigenvalue weighted by molar-refractivity contribution is -0.118. The molecular formula is C21H18Cl2N4O4. The largest absolute Gasteiger partial charge is 0.484 e. The zero-order chi connectivity index (χ0) is 22.2. The van der Waals surface area contributed by atoms with Crippen LogP contribution in [0.3, 0.4) is 0 Å². The summed E-state index contributed by atoms with van der Waals surface area (Å²) in [7, 11) is 0. The average molecular weight is 461 g/mol. The molecule has 0 aliphatic heterocycles. The number of nitrogens with zero attached hydrogens (tertiary/aromatic N) is 2. The number of benzene rings is 2. The molecule has 31 heavy (non-hydrogen) atoms. The highest BCUT2D eigenvalue weighted by molar-refractivity contribution is 6.30. The number of amides is 2. The van der Waals surface area contributed by atoms with Gasteiger partial charge in [0, 0.05) is 10.0 Å². The van der Waals surface area contributed by atoms with Gasteiger partial charge in [-0.3, -0.25) is 9.59 Å². The molecule has 0 aliphatic rings. The van der Waals surface area contributed by atoms with E-state index >= 15 is 0 Å². The van der Waals surface area contributed by atoms with Crippen molar-refractivity contribution in [1.29, 1.82) is 0 Å². The molecule has 2 amide bonds. The molecule has 0 saturated carbocycles. The van der Waals surface area contributed by atoms with Crippen molar-refractivity contribution in [2.24, 2.45) is 0 Å². The van der Waals surface area contributed by atoms with Gasteiger partial charge in [-0.15, -0.1) is 0 Å². The summed E-state index contributed by atoms with van der Waals surface area (Å²) < 4.78 is 10.8. The lowest BCUT2D eigenvalue weighted by atomic mass is 10.3. The van der Waals surface area contributed by atoms with Crippen molar-refractivity contribution in [3.8, 4) is 11.5 Å². The van der Waals surface area contributed by atoms with Crippen molar-refractivity contribution < 1.29 is 19.1 Å². The molecule has 2 aromatic carbocycles.